The lowest BCUT2D eigenvalue weighted by Crippen LogP contribution is -2.23. The van der Waals surface area contributed by atoms with Crippen molar-refractivity contribution in [2.45, 2.75) is 6.92 Å². The minimum Gasteiger partial charge on any atom is -0.478 e. The van der Waals surface area contributed by atoms with Crippen LogP contribution in [0.4, 0.5) is 5.69 Å². The lowest BCUT2D eigenvalue weighted by atomic mass is 10.1. The Kier molecular flexibility index (Phi) is 4.72. The highest BCUT2D eigenvalue weighted by Gasteiger charge is 2.30. The second-order valence-corrected chi connectivity index (χ2v) is 6.59. The van der Waals surface area contributed by atoms with Gasteiger partial charge in [0.1, 0.15) is 0 Å². The van der Waals surface area contributed by atoms with E-state index in [2.05, 4.69) is 4.99 Å². The van der Waals surface area contributed by atoms with Gasteiger partial charge >= 0.3 is 5.97 Å². The maximum atomic E-state index is 12.5. The Morgan fingerprint density at radius 2 is 1.96 bits per heavy atom. The normalized spacial score (nSPS) is 17.5. The number of carboxylic acids is 1. The van der Waals surface area contributed by atoms with Crippen LogP contribution in [0.15, 0.2) is 58.4 Å². The molecule has 1 amide bonds. The summed E-state index contributed by atoms with van der Waals surface area (Å²) in [6.45, 7) is 1.99. The van der Waals surface area contributed by atoms with Crippen molar-refractivity contribution in [3.05, 3.63) is 70.1 Å². The second kappa shape index (κ2) is 6.94. The van der Waals surface area contributed by atoms with Crippen LogP contribution in [0, 0.1) is 6.92 Å². The second-order valence-electron chi connectivity index (χ2n) is 5.58. The van der Waals surface area contributed by atoms with Crippen LogP contribution in [-0.2, 0) is 4.79 Å². The smallest absolute Gasteiger partial charge is 0.335 e. The molecular weight excluding hydrogens is 336 g/mol. The van der Waals surface area contributed by atoms with Crippen molar-refractivity contribution in [2.75, 3.05) is 7.05 Å². The Labute approximate surface area is 149 Å². The molecular formula is C19H16N2O3S. The number of thioether (sulfide) groups is 1. The predicted molar refractivity (Wildman–Crippen MR) is 100 cm³/mol. The molecule has 1 fully saturated rings. The Hall–Kier alpha value is -2.86. The molecule has 5 nitrogen and oxygen atoms in total. The fourth-order valence-corrected chi connectivity index (χ4v) is 3.34. The van der Waals surface area contributed by atoms with E-state index in [0.29, 0.717) is 15.8 Å². The molecule has 25 heavy (non-hydrogen) atoms. The molecule has 1 aliphatic rings. The van der Waals surface area contributed by atoms with Gasteiger partial charge in [-0.1, -0.05) is 30.3 Å². The molecule has 1 saturated heterocycles. The zero-order chi connectivity index (χ0) is 18.0. The molecule has 1 aliphatic heterocycles. The zero-order valence-corrected chi connectivity index (χ0v) is 14.6. The van der Waals surface area contributed by atoms with Crippen molar-refractivity contribution in [1.29, 1.82) is 0 Å². The first kappa shape index (κ1) is 17.0. The summed E-state index contributed by atoms with van der Waals surface area (Å²) < 4.78 is 0. The third-order valence-corrected chi connectivity index (χ3v) is 4.86. The van der Waals surface area contributed by atoms with Crippen LogP contribution in [-0.4, -0.2) is 34.1 Å². The molecule has 0 aromatic heterocycles. The van der Waals surface area contributed by atoms with Gasteiger partial charge in [-0.05, 0) is 54.1 Å². The molecule has 0 saturated carbocycles. The summed E-state index contributed by atoms with van der Waals surface area (Å²) in [4.78, 5) is 30.0. The van der Waals surface area contributed by atoms with E-state index >= 15 is 0 Å². The summed E-state index contributed by atoms with van der Waals surface area (Å²) in [7, 11) is 1.66. The third kappa shape index (κ3) is 3.64. The number of carbonyl (C=O) groups is 2. The number of nitrogens with zero attached hydrogens (tertiary/aromatic N) is 2. The van der Waals surface area contributed by atoms with Gasteiger partial charge in [0.05, 0.1) is 16.2 Å². The monoisotopic (exact) mass is 352 g/mol. The Balaban J connectivity index is 1.92. The number of amides is 1. The first-order valence-corrected chi connectivity index (χ1v) is 8.42. The Morgan fingerprint density at radius 1 is 1.20 bits per heavy atom. The number of likely N-dealkylation sites (N-methyl/N-ethyl adjacent to an activating group) is 1. The average Bonchev–Trinajstić information content (AvgIpc) is 2.85. The molecule has 3 rings (SSSR count). The van der Waals surface area contributed by atoms with E-state index in [1.165, 1.54) is 28.8 Å². The number of amidine groups is 1. The van der Waals surface area contributed by atoms with Gasteiger partial charge in [0.15, 0.2) is 5.17 Å². The van der Waals surface area contributed by atoms with Crippen LogP contribution < -0.4 is 0 Å². The van der Waals surface area contributed by atoms with E-state index in [-0.39, 0.29) is 11.5 Å². The first-order valence-electron chi connectivity index (χ1n) is 7.61. The number of carboxylic acid groups (broad SMARTS) is 1. The predicted octanol–water partition coefficient (Wildman–Crippen LogP) is 3.93. The van der Waals surface area contributed by atoms with Crippen LogP contribution in [0.25, 0.3) is 6.08 Å². The highest BCUT2D eigenvalue weighted by atomic mass is 32.2. The van der Waals surface area contributed by atoms with Crippen LogP contribution in [0.3, 0.4) is 0 Å². The van der Waals surface area contributed by atoms with E-state index in [1.54, 1.807) is 19.2 Å². The van der Waals surface area contributed by atoms with Crippen molar-refractivity contribution in [3.8, 4) is 0 Å². The van der Waals surface area contributed by atoms with Gasteiger partial charge in [0.25, 0.3) is 5.91 Å². The number of aryl methyl sites for hydroxylation is 1. The fraction of sp³-hybridized carbons (Fsp3) is 0.105. The number of hydrogen-bond acceptors (Lipinski definition) is 4. The molecule has 0 aliphatic carbocycles. The first-order chi connectivity index (χ1) is 12.0. The SMILES string of the molecule is Cc1ccccc1/C=C1\SC(=Nc2cccc(C(=O)O)c2)N(C)C1=O. The zero-order valence-electron chi connectivity index (χ0n) is 13.8. The number of aromatic carboxylic acids is 1. The lowest BCUT2D eigenvalue weighted by molar-refractivity contribution is -0.121. The van der Waals surface area contributed by atoms with Crippen molar-refractivity contribution >= 4 is 40.6 Å². The Bertz CT molecular complexity index is 918. The number of benzene rings is 2. The van der Waals surface area contributed by atoms with E-state index in [4.69, 9.17) is 5.11 Å². The molecule has 0 spiro atoms. The number of hydrogen-bond donors (Lipinski definition) is 1. The standard InChI is InChI=1S/C19H16N2O3S/c1-12-6-3-4-7-13(12)11-16-17(22)21(2)19(25-16)20-15-9-5-8-14(10-15)18(23)24/h3-11H,1-2H3,(H,23,24)/b16-11-,20-19?. The maximum Gasteiger partial charge on any atom is 0.335 e. The number of carbonyl (C=O) groups excluding carboxylic acids is 1. The highest BCUT2D eigenvalue weighted by Crippen LogP contribution is 2.33. The van der Waals surface area contributed by atoms with Crippen molar-refractivity contribution in [3.63, 3.8) is 0 Å². The molecule has 6 heteroatoms. The quantitative estimate of drug-likeness (QED) is 0.850. The molecule has 0 bridgehead atoms. The molecule has 0 unspecified atom stereocenters. The molecule has 0 radical (unpaired) electrons. The highest BCUT2D eigenvalue weighted by molar-refractivity contribution is 8.18. The molecule has 2 aromatic carbocycles. The van der Waals surface area contributed by atoms with E-state index in [0.717, 1.165) is 11.1 Å². The van der Waals surface area contributed by atoms with Gasteiger partial charge < -0.3 is 5.11 Å². The third-order valence-electron chi connectivity index (χ3n) is 3.80. The van der Waals surface area contributed by atoms with Crippen molar-refractivity contribution in [2.24, 2.45) is 4.99 Å². The molecule has 1 heterocycles. The lowest BCUT2D eigenvalue weighted by Gasteiger charge is -2.07. The van der Waals surface area contributed by atoms with Crippen molar-refractivity contribution in [1.82, 2.24) is 4.90 Å². The van der Waals surface area contributed by atoms with Gasteiger partial charge in [0.2, 0.25) is 0 Å². The van der Waals surface area contributed by atoms with Crippen molar-refractivity contribution < 1.29 is 14.7 Å². The summed E-state index contributed by atoms with van der Waals surface area (Å²) in [6.07, 6.45) is 1.86. The fourth-order valence-electron chi connectivity index (χ4n) is 2.36. The van der Waals surface area contributed by atoms with Crippen LogP contribution in [0.5, 0.6) is 0 Å². The maximum absolute atomic E-state index is 12.5. The van der Waals surface area contributed by atoms with E-state index in [9.17, 15) is 9.59 Å². The van der Waals surface area contributed by atoms with E-state index in [1.807, 2.05) is 37.3 Å². The largest absolute Gasteiger partial charge is 0.478 e. The minimum absolute atomic E-state index is 0.124. The summed E-state index contributed by atoms with van der Waals surface area (Å²) >= 11 is 1.28. The summed E-state index contributed by atoms with van der Waals surface area (Å²) in [5, 5.41) is 9.59. The van der Waals surface area contributed by atoms with Crippen LogP contribution in [0.2, 0.25) is 0 Å². The summed E-state index contributed by atoms with van der Waals surface area (Å²) in [5.41, 5.74) is 2.74. The van der Waals surface area contributed by atoms with Gasteiger partial charge in [-0.25, -0.2) is 9.79 Å². The number of rotatable bonds is 3. The average molecular weight is 352 g/mol. The topological polar surface area (TPSA) is 70.0 Å². The van der Waals surface area contributed by atoms with Gasteiger partial charge in [-0.15, -0.1) is 0 Å². The summed E-state index contributed by atoms with van der Waals surface area (Å²) in [5.74, 6) is -1.13. The molecule has 2 aromatic rings. The van der Waals surface area contributed by atoms with Gasteiger partial charge in [-0.2, -0.15) is 0 Å². The van der Waals surface area contributed by atoms with Gasteiger partial charge in [0, 0.05) is 7.05 Å². The Morgan fingerprint density at radius 3 is 2.68 bits per heavy atom. The van der Waals surface area contributed by atoms with Crippen LogP contribution >= 0.6 is 11.8 Å². The van der Waals surface area contributed by atoms with Crippen LogP contribution in [0.1, 0.15) is 21.5 Å². The summed E-state index contributed by atoms with van der Waals surface area (Å²) in [6, 6.07) is 14.2. The minimum atomic E-state index is -1.01. The van der Waals surface area contributed by atoms with Gasteiger partial charge in [-0.3, -0.25) is 9.69 Å². The molecule has 126 valence electrons. The van der Waals surface area contributed by atoms with E-state index < -0.39 is 5.97 Å². The molecule has 0 atom stereocenters. The molecule has 1 N–H and O–H groups in total. The number of aliphatic imine (C=N–C) groups is 1.